The van der Waals surface area contributed by atoms with Crippen molar-refractivity contribution in [3.8, 4) is 5.75 Å². The molecule has 0 aliphatic rings. The topological polar surface area (TPSA) is 51.2 Å². The van der Waals surface area contributed by atoms with Crippen LogP contribution in [0.1, 0.15) is 11.1 Å². The van der Waals surface area contributed by atoms with Crippen LogP contribution >= 0.6 is 0 Å². The third kappa shape index (κ3) is 2.40. The fourth-order valence-corrected chi connectivity index (χ4v) is 2.68. The van der Waals surface area contributed by atoms with Crippen molar-refractivity contribution in [2.24, 2.45) is 5.73 Å². The van der Waals surface area contributed by atoms with E-state index in [1.165, 1.54) is 16.5 Å². The zero-order valence-electron chi connectivity index (χ0n) is 11.3. The molecule has 3 rings (SSSR count). The van der Waals surface area contributed by atoms with Crippen LogP contribution in [0, 0.1) is 0 Å². The Morgan fingerprint density at radius 3 is 2.70 bits per heavy atom. The van der Waals surface area contributed by atoms with Gasteiger partial charge in [0.25, 0.3) is 0 Å². The van der Waals surface area contributed by atoms with E-state index in [0.717, 1.165) is 18.5 Å². The van der Waals surface area contributed by atoms with Crippen molar-refractivity contribution in [2.45, 2.75) is 13.0 Å². The van der Waals surface area contributed by atoms with E-state index in [2.05, 4.69) is 35.0 Å². The van der Waals surface area contributed by atoms with E-state index < -0.39 is 0 Å². The Hall–Kier alpha value is -2.26. The van der Waals surface area contributed by atoms with Gasteiger partial charge in [-0.1, -0.05) is 30.3 Å². The van der Waals surface area contributed by atoms with Gasteiger partial charge < -0.3 is 15.4 Å². The van der Waals surface area contributed by atoms with Crippen LogP contribution in [0.25, 0.3) is 10.9 Å². The summed E-state index contributed by atoms with van der Waals surface area (Å²) in [4.78, 5) is 0. The molecular formula is C17H18N2O. The zero-order chi connectivity index (χ0) is 13.9. The van der Waals surface area contributed by atoms with Gasteiger partial charge in [0.1, 0.15) is 5.75 Å². The number of nitrogens with zero attached hydrogens (tertiary/aromatic N) is 1. The van der Waals surface area contributed by atoms with E-state index in [-0.39, 0.29) is 0 Å². The highest BCUT2D eigenvalue weighted by atomic mass is 16.3. The van der Waals surface area contributed by atoms with E-state index >= 15 is 0 Å². The van der Waals surface area contributed by atoms with Gasteiger partial charge in [-0.2, -0.15) is 0 Å². The summed E-state index contributed by atoms with van der Waals surface area (Å²) in [5.74, 6) is 0.307. The lowest BCUT2D eigenvalue weighted by Crippen LogP contribution is -2.05. The second kappa shape index (κ2) is 5.39. The number of benzene rings is 2. The summed E-state index contributed by atoms with van der Waals surface area (Å²) in [6.45, 7) is 1.40. The highest BCUT2D eigenvalue weighted by Crippen LogP contribution is 2.22. The lowest BCUT2D eigenvalue weighted by Gasteiger charge is -2.10. The molecule has 0 atom stereocenters. The average Bonchev–Trinajstić information content (AvgIpc) is 2.84. The molecule has 2 aromatic carbocycles. The van der Waals surface area contributed by atoms with E-state index in [1.54, 1.807) is 12.1 Å². The molecule has 0 fully saturated rings. The third-order valence-corrected chi connectivity index (χ3v) is 3.55. The first-order valence-electron chi connectivity index (χ1n) is 6.82. The first-order chi connectivity index (χ1) is 9.78. The van der Waals surface area contributed by atoms with Crippen molar-refractivity contribution in [3.05, 3.63) is 65.9 Å². The van der Waals surface area contributed by atoms with Crippen molar-refractivity contribution in [3.63, 3.8) is 0 Å². The number of phenols is 1. The van der Waals surface area contributed by atoms with Crippen LogP contribution in [0.5, 0.6) is 5.75 Å². The number of phenolic OH excluding ortho intramolecular Hbond substituents is 1. The summed E-state index contributed by atoms with van der Waals surface area (Å²) in [6, 6.07) is 15.8. The molecule has 3 N–H and O–H groups in total. The van der Waals surface area contributed by atoms with Gasteiger partial charge >= 0.3 is 0 Å². The summed E-state index contributed by atoms with van der Waals surface area (Å²) in [7, 11) is 0. The van der Waals surface area contributed by atoms with E-state index in [0.29, 0.717) is 12.3 Å². The second-order valence-corrected chi connectivity index (χ2v) is 5.01. The van der Waals surface area contributed by atoms with E-state index in [4.69, 9.17) is 5.73 Å². The number of rotatable bonds is 4. The molecule has 0 saturated heterocycles. The number of aromatic nitrogens is 1. The predicted molar refractivity (Wildman–Crippen MR) is 81.9 cm³/mol. The fraction of sp³-hybridized carbons (Fsp3) is 0.176. The summed E-state index contributed by atoms with van der Waals surface area (Å²) in [5, 5.41) is 10.8. The highest BCUT2D eigenvalue weighted by molar-refractivity contribution is 5.83. The van der Waals surface area contributed by atoms with Crippen LogP contribution in [-0.2, 0) is 13.0 Å². The van der Waals surface area contributed by atoms with Crippen LogP contribution < -0.4 is 5.73 Å². The Bertz CT molecular complexity index is 731. The first kappa shape index (κ1) is 12.8. The number of nitrogens with two attached hydrogens (primary N) is 1. The maximum absolute atomic E-state index is 9.57. The van der Waals surface area contributed by atoms with Crippen LogP contribution in [0.2, 0.25) is 0 Å². The Morgan fingerprint density at radius 1 is 1.05 bits per heavy atom. The molecule has 1 heterocycles. The SMILES string of the molecule is NCCc1cccc2ccn(Cc3cccc(O)c3)c12. The molecule has 3 heteroatoms. The van der Waals surface area contributed by atoms with Gasteiger partial charge in [-0.3, -0.25) is 0 Å². The van der Waals surface area contributed by atoms with Gasteiger partial charge in [0.15, 0.2) is 0 Å². The summed E-state index contributed by atoms with van der Waals surface area (Å²) in [6.07, 6.45) is 2.97. The number of para-hydroxylation sites is 1. The Labute approximate surface area is 118 Å². The predicted octanol–water partition coefficient (Wildman–Crippen LogP) is 2.90. The molecule has 0 saturated carbocycles. The molecule has 0 aliphatic carbocycles. The summed E-state index contributed by atoms with van der Waals surface area (Å²) in [5.41, 5.74) is 9.30. The molecule has 3 aromatic rings. The third-order valence-electron chi connectivity index (χ3n) is 3.55. The van der Waals surface area contributed by atoms with Gasteiger partial charge in [0.05, 0.1) is 5.52 Å². The minimum atomic E-state index is 0.307. The normalized spacial score (nSPS) is 11.1. The number of aromatic hydroxyl groups is 1. The minimum absolute atomic E-state index is 0.307. The van der Waals surface area contributed by atoms with E-state index in [9.17, 15) is 5.11 Å². The Kier molecular flexibility index (Phi) is 3.44. The van der Waals surface area contributed by atoms with Gasteiger partial charge in [-0.15, -0.1) is 0 Å². The number of hydrogen-bond donors (Lipinski definition) is 2. The van der Waals surface area contributed by atoms with Crippen LogP contribution in [0.3, 0.4) is 0 Å². The van der Waals surface area contributed by atoms with Crippen LogP contribution in [-0.4, -0.2) is 16.2 Å². The van der Waals surface area contributed by atoms with Crippen molar-refractivity contribution in [1.82, 2.24) is 4.57 Å². The van der Waals surface area contributed by atoms with E-state index in [1.807, 2.05) is 12.1 Å². The Morgan fingerprint density at radius 2 is 1.90 bits per heavy atom. The average molecular weight is 266 g/mol. The number of fused-ring (bicyclic) bond motifs is 1. The molecular weight excluding hydrogens is 248 g/mol. The Balaban J connectivity index is 2.03. The van der Waals surface area contributed by atoms with Crippen molar-refractivity contribution >= 4 is 10.9 Å². The maximum Gasteiger partial charge on any atom is 0.115 e. The van der Waals surface area contributed by atoms with Crippen molar-refractivity contribution in [1.29, 1.82) is 0 Å². The summed E-state index contributed by atoms with van der Waals surface area (Å²) >= 11 is 0. The number of hydrogen-bond acceptors (Lipinski definition) is 2. The maximum atomic E-state index is 9.57. The smallest absolute Gasteiger partial charge is 0.115 e. The fourth-order valence-electron chi connectivity index (χ4n) is 2.68. The molecule has 3 nitrogen and oxygen atoms in total. The second-order valence-electron chi connectivity index (χ2n) is 5.01. The molecule has 0 bridgehead atoms. The lowest BCUT2D eigenvalue weighted by atomic mass is 10.1. The quantitative estimate of drug-likeness (QED) is 0.763. The molecule has 0 spiro atoms. The molecule has 1 aromatic heterocycles. The summed E-state index contributed by atoms with van der Waals surface area (Å²) < 4.78 is 2.22. The standard InChI is InChI=1S/C17H18N2O/c18-9-7-14-4-2-5-15-8-10-19(17(14)15)12-13-3-1-6-16(20)11-13/h1-6,8,10-11,20H,7,9,12,18H2. The molecule has 20 heavy (non-hydrogen) atoms. The molecule has 102 valence electrons. The lowest BCUT2D eigenvalue weighted by molar-refractivity contribution is 0.474. The van der Waals surface area contributed by atoms with Gasteiger partial charge in [-0.05, 0) is 47.7 Å². The molecule has 0 radical (unpaired) electrons. The van der Waals surface area contributed by atoms with Crippen molar-refractivity contribution in [2.75, 3.05) is 6.54 Å². The minimum Gasteiger partial charge on any atom is -0.508 e. The monoisotopic (exact) mass is 266 g/mol. The van der Waals surface area contributed by atoms with Crippen LogP contribution in [0.15, 0.2) is 54.7 Å². The first-order valence-corrected chi connectivity index (χ1v) is 6.82. The van der Waals surface area contributed by atoms with Gasteiger partial charge in [0, 0.05) is 12.7 Å². The molecule has 0 unspecified atom stereocenters. The van der Waals surface area contributed by atoms with Gasteiger partial charge in [0.2, 0.25) is 0 Å². The zero-order valence-corrected chi connectivity index (χ0v) is 11.3. The molecule has 0 aliphatic heterocycles. The van der Waals surface area contributed by atoms with Crippen molar-refractivity contribution < 1.29 is 5.11 Å². The largest absolute Gasteiger partial charge is 0.508 e. The molecule has 0 amide bonds. The highest BCUT2D eigenvalue weighted by Gasteiger charge is 2.06. The van der Waals surface area contributed by atoms with Crippen LogP contribution in [0.4, 0.5) is 0 Å². The van der Waals surface area contributed by atoms with Gasteiger partial charge in [-0.25, -0.2) is 0 Å².